The number of hydrogen-bond acceptors (Lipinski definition) is 2. The van der Waals surface area contributed by atoms with Gasteiger partial charge in [-0.15, -0.1) is 0 Å². The van der Waals surface area contributed by atoms with Crippen molar-refractivity contribution in [1.29, 1.82) is 0 Å². The summed E-state index contributed by atoms with van der Waals surface area (Å²) < 4.78 is 7.32. The van der Waals surface area contributed by atoms with Crippen molar-refractivity contribution < 1.29 is 4.65 Å². The van der Waals surface area contributed by atoms with Crippen LogP contribution in [0.25, 0.3) is 0 Å². The minimum absolute atomic E-state index is 0.0651. The predicted molar refractivity (Wildman–Crippen MR) is 145 cm³/mol. The highest BCUT2D eigenvalue weighted by Gasteiger charge is 2.58. The van der Waals surface area contributed by atoms with E-state index in [4.69, 9.17) is 4.65 Å². The summed E-state index contributed by atoms with van der Waals surface area (Å²) >= 11 is 0. The Morgan fingerprint density at radius 1 is 0.735 bits per heavy atom. The molecule has 1 aliphatic heterocycles. The number of hydrogen-bond donors (Lipinski definition) is 0. The molecule has 1 heterocycles. The molecule has 178 valence electrons. The Labute approximate surface area is 207 Å². The summed E-state index contributed by atoms with van der Waals surface area (Å²) in [6, 6.07) is 32.8. The molecule has 1 atom stereocenters. The summed E-state index contributed by atoms with van der Waals surface area (Å²) in [5, 5.41) is 0. The van der Waals surface area contributed by atoms with Crippen molar-refractivity contribution in [1.82, 2.24) is 4.81 Å². The number of rotatable bonds is 11. The molecule has 1 saturated heterocycles. The average molecular weight is 453 g/mol. The second kappa shape index (κ2) is 11.9. The van der Waals surface area contributed by atoms with Crippen molar-refractivity contribution in [3.05, 3.63) is 102 Å². The first-order chi connectivity index (χ1) is 16.7. The molecular weight excluding hydrogens is 413 g/mol. The summed E-state index contributed by atoms with van der Waals surface area (Å²) in [4.78, 5) is 2.67. The van der Waals surface area contributed by atoms with Crippen LogP contribution in [0, 0.1) is 5.92 Å². The van der Waals surface area contributed by atoms with Gasteiger partial charge >= 0.3 is 7.05 Å². The van der Waals surface area contributed by atoms with Crippen LogP contribution in [0.3, 0.4) is 0 Å². The van der Waals surface area contributed by atoms with Gasteiger partial charge in [0.2, 0.25) is 0 Å². The summed E-state index contributed by atoms with van der Waals surface area (Å²) in [5.41, 5.74) is 3.21. The van der Waals surface area contributed by atoms with Crippen molar-refractivity contribution in [3.8, 4) is 0 Å². The quantitative estimate of drug-likeness (QED) is 0.228. The van der Waals surface area contributed by atoms with E-state index in [9.17, 15) is 0 Å². The Morgan fingerprint density at radius 3 is 1.76 bits per heavy atom. The second-order valence-electron chi connectivity index (χ2n) is 10.0. The van der Waals surface area contributed by atoms with Crippen molar-refractivity contribution in [2.75, 3.05) is 6.54 Å². The molecule has 4 rings (SSSR count). The smallest absolute Gasteiger partial charge is 0.402 e. The normalized spacial score (nSPS) is 18.0. The van der Waals surface area contributed by atoms with Crippen molar-refractivity contribution in [2.45, 2.75) is 70.9 Å². The van der Waals surface area contributed by atoms with Crippen LogP contribution in [-0.2, 0) is 10.3 Å². The molecule has 1 fully saturated rings. The lowest BCUT2D eigenvalue weighted by molar-refractivity contribution is 0.0736. The third kappa shape index (κ3) is 5.16. The minimum atomic E-state index is -0.514. The first-order valence-corrected chi connectivity index (χ1v) is 13.3. The summed E-state index contributed by atoms with van der Waals surface area (Å²) in [6.45, 7) is 8.05. The first kappa shape index (κ1) is 24.8. The molecule has 3 heteroatoms. The van der Waals surface area contributed by atoms with Gasteiger partial charge in [0.1, 0.15) is 5.60 Å². The molecule has 0 N–H and O–H groups in total. The zero-order valence-electron chi connectivity index (χ0n) is 21.2. The van der Waals surface area contributed by atoms with E-state index in [0.717, 1.165) is 6.54 Å². The van der Waals surface area contributed by atoms with Gasteiger partial charge in [-0.05, 0) is 35.5 Å². The van der Waals surface area contributed by atoms with Crippen LogP contribution in [0.15, 0.2) is 91.0 Å². The van der Waals surface area contributed by atoms with E-state index in [1.807, 2.05) is 0 Å². The molecule has 34 heavy (non-hydrogen) atoms. The lowest BCUT2D eigenvalue weighted by atomic mass is 9.70. The van der Waals surface area contributed by atoms with Crippen molar-refractivity contribution >= 4 is 12.5 Å². The largest absolute Gasteiger partial charge is 0.419 e. The van der Waals surface area contributed by atoms with Gasteiger partial charge in [0.15, 0.2) is 0 Å². The van der Waals surface area contributed by atoms with Crippen LogP contribution >= 0.6 is 0 Å². The second-order valence-corrected chi connectivity index (χ2v) is 10.0. The molecule has 3 aromatic rings. The fraction of sp³-hybridized carbons (Fsp3) is 0.419. The van der Waals surface area contributed by atoms with Crippen LogP contribution in [-0.4, -0.2) is 24.4 Å². The van der Waals surface area contributed by atoms with E-state index in [1.54, 1.807) is 0 Å². The van der Waals surface area contributed by atoms with E-state index in [2.05, 4.69) is 117 Å². The zero-order chi connectivity index (χ0) is 23.8. The molecule has 0 radical (unpaired) electrons. The summed E-state index contributed by atoms with van der Waals surface area (Å²) in [7, 11) is -0.0651. The Kier molecular flexibility index (Phi) is 8.64. The Morgan fingerprint density at radius 2 is 1.24 bits per heavy atom. The molecular formula is C31H40BNO. The molecule has 3 aromatic carbocycles. The SMILES string of the molecule is CCCCCCCCN1B(c2ccccc2)OC(c2ccccc2)(c2ccccc2)[C@@H]1C(C)C. The molecule has 0 unspecified atom stereocenters. The zero-order valence-corrected chi connectivity index (χ0v) is 21.2. The number of unbranched alkanes of at least 4 members (excludes halogenated alkanes) is 5. The van der Waals surface area contributed by atoms with Crippen LogP contribution < -0.4 is 5.46 Å². The number of benzene rings is 3. The Balaban J connectivity index is 1.76. The van der Waals surface area contributed by atoms with E-state index in [0.29, 0.717) is 5.92 Å². The van der Waals surface area contributed by atoms with Gasteiger partial charge in [-0.2, -0.15) is 0 Å². The highest BCUT2D eigenvalue weighted by atomic mass is 16.5. The molecule has 2 nitrogen and oxygen atoms in total. The van der Waals surface area contributed by atoms with Crippen molar-refractivity contribution in [3.63, 3.8) is 0 Å². The monoisotopic (exact) mass is 453 g/mol. The van der Waals surface area contributed by atoms with Gasteiger partial charge in [-0.25, -0.2) is 0 Å². The molecule has 0 aliphatic carbocycles. The van der Waals surface area contributed by atoms with Gasteiger partial charge in [-0.1, -0.05) is 144 Å². The maximum absolute atomic E-state index is 7.32. The Bertz CT molecular complexity index is 937. The average Bonchev–Trinajstić information content (AvgIpc) is 3.24. The molecule has 0 aromatic heterocycles. The van der Waals surface area contributed by atoms with Gasteiger partial charge in [0, 0.05) is 6.04 Å². The third-order valence-electron chi connectivity index (χ3n) is 7.26. The van der Waals surface area contributed by atoms with Gasteiger partial charge in [-0.3, -0.25) is 0 Å². The molecule has 1 aliphatic rings. The standard InChI is InChI=1S/C31H40BNO/c1-4-5-6-7-8-18-25-33-30(26(2)3)31(27-19-12-9-13-20-27,28-21-14-10-15-22-28)34-32(33)29-23-16-11-17-24-29/h9-17,19-24,26,30H,4-8,18,25H2,1-3H3/t30-/m0/s1. The fourth-order valence-corrected chi connectivity index (χ4v) is 5.77. The van der Waals surface area contributed by atoms with Crippen LogP contribution in [0.1, 0.15) is 70.4 Å². The molecule has 0 bridgehead atoms. The van der Waals surface area contributed by atoms with E-state index >= 15 is 0 Å². The fourth-order valence-electron chi connectivity index (χ4n) is 5.77. The van der Waals surface area contributed by atoms with Gasteiger partial charge in [0.25, 0.3) is 0 Å². The maximum atomic E-state index is 7.32. The number of nitrogens with zero attached hydrogens (tertiary/aromatic N) is 1. The summed E-state index contributed by atoms with van der Waals surface area (Å²) in [5.74, 6) is 0.425. The van der Waals surface area contributed by atoms with E-state index < -0.39 is 5.60 Å². The van der Waals surface area contributed by atoms with Gasteiger partial charge < -0.3 is 9.47 Å². The lowest BCUT2D eigenvalue weighted by Crippen LogP contribution is -2.51. The topological polar surface area (TPSA) is 12.5 Å². The highest BCUT2D eigenvalue weighted by Crippen LogP contribution is 2.47. The van der Waals surface area contributed by atoms with E-state index in [1.165, 1.54) is 55.1 Å². The third-order valence-corrected chi connectivity index (χ3v) is 7.26. The maximum Gasteiger partial charge on any atom is 0.419 e. The molecule has 0 spiro atoms. The first-order valence-electron chi connectivity index (χ1n) is 13.3. The Hall–Kier alpha value is -2.36. The van der Waals surface area contributed by atoms with Crippen LogP contribution in [0.4, 0.5) is 0 Å². The minimum Gasteiger partial charge on any atom is -0.402 e. The van der Waals surface area contributed by atoms with E-state index in [-0.39, 0.29) is 13.1 Å². The predicted octanol–water partition coefficient (Wildman–Crippen LogP) is 7.04. The summed E-state index contributed by atoms with van der Waals surface area (Å²) in [6.07, 6.45) is 7.81. The van der Waals surface area contributed by atoms with Crippen LogP contribution in [0.2, 0.25) is 0 Å². The molecule has 0 amide bonds. The molecule has 0 saturated carbocycles. The highest BCUT2D eigenvalue weighted by molar-refractivity contribution is 6.65. The van der Waals surface area contributed by atoms with Crippen molar-refractivity contribution in [2.24, 2.45) is 5.92 Å². The lowest BCUT2D eigenvalue weighted by Gasteiger charge is -2.41. The van der Waals surface area contributed by atoms with Gasteiger partial charge in [0.05, 0.1) is 0 Å². The van der Waals surface area contributed by atoms with Crippen LogP contribution in [0.5, 0.6) is 0 Å².